The van der Waals surface area contributed by atoms with E-state index >= 15 is 0 Å². The van der Waals surface area contributed by atoms with Gasteiger partial charge in [0.1, 0.15) is 35.5 Å². The molecule has 0 saturated heterocycles. The summed E-state index contributed by atoms with van der Waals surface area (Å²) in [6.07, 6.45) is 0. The smallest absolute Gasteiger partial charge is 0.355 e. The van der Waals surface area contributed by atoms with Gasteiger partial charge in [0, 0.05) is 5.38 Å². The molecule has 1 aromatic heterocycles. The Bertz CT molecular complexity index is 864. The van der Waals surface area contributed by atoms with Gasteiger partial charge in [0.05, 0.1) is 5.56 Å². The van der Waals surface area contributed by atoms with Crippen molar-refractivity contribution in [3.05, 3.63) is 65.4 Å². The first-order valence-corrected chi connectivity index (χ1v) is 8.31. The lowest BCUT2D eigenvalue weighted by molar-refractivity contribution is 0.0691. The molecule has 0 unspecified atom stereocenters. The Labute approximate surface area is 147 Å². The molecule has 1 N–H and O–H groups in total. The van der Waals surface area contributed by atoms with Crippen LogP contribution in [-0.2, 0) is 0 Å². The van der Waals surface area contributed by atoms with Crippen molar-refractivity contribution in [2.45, 2.75) is 0 Å². The maximum Gasteiger partial charge on any atom is 0.355 e. The summed E-state index contributed by atoms with van der Waals surface area (Å²) in [7, 11) is 0. The normalized spacial score (nSPS) is 10.4. The Hall–Kier alpha value is -2.93. The second-order valence-electron chi connectivity index (χ2n) is 4.99. The van der Waals surface area contributed by atoms with Crippen LogP contribution in [0.25, 0.3) is 10.6 Å². The van der Waals surface area contributed by atoms with Crippen LogP contribution in [0.1, 0.15) is 10.5 Å². The summed E-state index contributed by atoms with van der Waals surface area (Å²) in [6, 6.07) is 13.0. The molecule has 0 saturated carbocycles. The first kappa shape index (κ1) is 16.9. The molecular formula is C18H14FNO4S. The highest BCUT2D eigenvalue weighted by molar-refractivity contribution is 7.13. The number of halogens is 1. The molecule has 1 heterocycles. The fraction of sp³-hybridized carbons (Fsp3) is 0.111. The number of hydrogen-bond acceptors (Lipinski definition) is 5. The van der Waals surface area contributed by atoms with Crippen LogP contribution >= 0.6 is 11.3 Å². The molecule has 25 heavy (non-hydrogen) atoms. The fourth-order valence-corrected chi connectivity index (χ4v) is 2.93. The Morgan fingerprint density at radius 1 is 1.08 bits per heavy atom. The van der Waals surface area contributed by atoms with Crippen molar-refractivity contribution in [1.82, 2.24) is 4.98 Å². The Kier molecular flexibility index (Phi) is 5.25. The van der Waals surface area contributed by atoms with Gasteiger partial charge in [-0.1, -0.05) is 12.1 Å². The minimum Gasteiger partial charge on any atom is -0.490 e. The molecule has 3 rings (SSSR count). The number of para-hydroxylation sites is 1. The number of nitrogens with zero attached hydrogens (tertiary/aromatic N) is 1. The molecule has 2 aromatic carbocycles. The van der Waals surface area contributed by atoms with E-state index in [1.54, 1.807) is 18.2 Å². The zero-order chi connectivity index (χ0) is 17.6. The van der Waals surface area contributed by atoms with E-state index in [9.17, 15) is 9.18 Å². The predicted octanol–water partition coefficient (Wildman–Crippen LogP) is 4.11. The van der Waals surface area contributed by atoms with Crippen LogP contribution in [0.5, 0.6) is 11.5 Å². The van der Waals surface area contributed by atoms with Crippen LogP contribution in [0.4, 0.5) is 4.39 Å². The van der Waals surface area contributed by atoms with E-state index in [0.29, 0.717) is 16.5 Å². The van der Waals surface area contributed by atoms with Crippen molar-refractivity contribution in [1.29, 1.82) is 0 Å². The summed E-state index contributed by atoms with van der Waals surface area (Å²) in [5.74, 6) is -0.226. The summed E-state index contributed by atoms with van der Waals surface area (Å²) in [5, 5.41) is 11.1. The van der Waals surface area contributed by atoms with E-state index < -0.39 is 5.97 Å². The molecule has 0 fully saturated rings. The number of carboxylic acid groups (broad SMARTS) is 1. The summed E-state index contributed by atoms with van der Waals surface area (Å²) in [6.45, 7) is 0.573. The molecule has 0 amide bonds. The van der Waals surface area contributed by atoms with Gasteiger partial charge in [-0.25, -0.2) is 14.2 Å². The first-order valence-electron chi connectivity index (χ1n) is 7.43. The maximum atomic E-state index is 12.8. The molecule has 0 spiro atoms. The van der Waals surface area contributed by atoms with Crippen molar-refractivity contribution < 1.29 is 23.8 Å². The molecule has 0 bridgehead atoms. The zero-order valence-corrected chi connectivity index (χ0v) is 13.8. The van der Waals surface area contributed by atoms with Crippen molar-refractivity contribution in [3.63, 3.8) is 0 Å². The van der Waals surface area contributed by atoms with E-state index in [0.717, 1.165) is 5.56 Å². The van der Waals surface area contributed by atoms with Gasteiger partial charge >= 0.3 is 5.97 Å². The standard InChI is InChI=1S/C18H14FNO4S/c19-12-5-7-13(8-6-12)23-9-10-24-16-4-2-1-3-14(16)17-20-15(11-25-17)18(21)22/h1-8,11H,9-10H2,(H,21,22). The first-order chi connectivity index (χ1) is 12.1. The molecule has 0 aliphatic carbocycles. The SMILES string of the molecule is O=C(O)c1csc(-c2ccccc2OCCOc2ccc(F)cc2)n1. The second kappa shape index (κ2) is 7.76. The molecule has 3 aromatic rings. The maximum absolute atomic E-state index is 12.8. The summed E-state index contributed by atoms with van der Waals surface area (Å²) in [5.41, 5.74) is 0.733. The van der Waals surface area contributed by atoms with Gasteiger partial charge in [0.15, 0.2) is 5.69 Å². The van der Waals surface area contributed by atoms with Gasteiger partial charge in [0.2, 0.25) is 0 Å². The van der Waals surface area contributed by atoms with Crippen molar-refractivity contribution in [3.8, 4) is 22.1 Å². The van der Waals surface area contributed by atoms with E-state index in [1.807, 2.05) is 18.2 Å². The topological polar surface area (TPSA) is 68.7 Å². The van der Waals surface area contributed by atoms with E-state index in [-0.39, 0.29) is 24.7 Å². The van der Waals surface area contributed by atoms with Gasteiger partial charge in [-0.3, -0.25) is 0 Å². The second-order valence-corrected chi connectivity index (χ2v) is 5.85. The number of benzene rings is 2. The number of hydrogen-bond donors (Lipinski definition) is 1. The average Bonchev–Trinajstić information content (AvgIpc) is 3.11. The lowest BCUT2D eigenvalue weighted by Gasteiger charge is -2.11. The van der Waals surface area contributed by atoms with Gasteiger partial charge in [-0.2, -0.15) is 0 Å². The Balaban J connectivity index is 1.62. The zero-order valence-electron chi connectivity index (χ0n) is 13.0. The monoisotopic (exact) mass is 359 g/mol. The molecular weight excluding hydrogens is 345 g/mol. The Morgan fingerprint density at radius 2 is 1.80 bits per heavy atom. The molecule has 0 atom stereocenters. The number of ether oxygens (including phenoxy) is 2. The van der Waals surface area contributed by atoms with Crippen molar-refractivity contribution in [2.75, 3.05) is 13.2 Å². The molecule has 5 nitrogen and oxygen atoms in total. The number of rotatable bonds is 7. The lowest BCUT2D eigenvalue weighted by atomic mass is 10.2. The average molecular weight is 359 g/mol. The molecule has 128 valence electrons. The lowest BCUT2D eigenvalue weighted by Crippen LogP contribution is -2.09. The van der Waals surface area contributed by atoms with Crippen LogP contribution in [0.3, 0.4) is 0 Å². The number of carboxylic acids is 1. The quantitative estimate of drug-likeness (QED) is 0.643. The van der Waals surface area contributed by atoms with Crippen LogP contribution in [0.2, 0.25) is 0 Å². The summed E-state index contributed by atoms with van der Waals surface area (Å²) >= 11 is 1.24. The van der Waals surface area contributed by atoms with Gasteiger partial charge in [-0.15, -0.1) is 11.3 Å². The third-order valence-corrected chi connectivity index (χ3v) is 4.14. The van der Waals surface area contributed by atoms with E-state index in [4.69, 9.17) is 14.6 Å². The van der Waals surface area contributed by atoms with Crippen LogP contribution in [0, 0.1) is 5.82 Å². The van der Waals surface area contributed by atoms with Crippen molar-refractivity contribution >= 4 is 17.3 Å². The highest BCUT2D eigenvalue weighted by Gasteiger charge is 2.13. The number of aromatic carboxylic acids is 1. The summed E-state index contributed by atoms with van der Waals surface area (Å²) in [4.78, 5) is 15.1. The van der Waals surface area contributed by atoms with Crippen LogP contribution < -0.4 is 9.47 Å². The number of thiazole rings is 1. The highest BCUT2D eigenvalue weighted by Crippen LogP contribution is 2.32. The largest absolute Gasteiger partial charge is 0.490 e. The predicted molar refractivity (Wildman–Crippen MR) is 91.9 cm³/mol. The minimum absolute atomic E-state index is 0.00875. The molecule has 0 radical (unpaired) electrons. The van der Waals surface area contributed by atoms with Crippen LogP contribution in [-0.4, -0.2) is 29.3 Å². The van der Waals surface area contributed by atoms with Crippen LogP contribution in [0.15, 0.2) is 53.9 Å². The van der Waals surface area contributed by atoms with Gasteiger partial charge in [0.25, 0.3) is 0 Å². The number of aromatic nitrogens is 1. The third-order valence-electron chi connectivity index (χ3n) is 3.26. The molecule has 0 aliphatic rings. The van der Waals surface area contributed by atoms with E-state index in [1.165, 1.54) is 28.8 Å². The third kappa shape index (κ3) is 4.33. The highest BCUT2D eigenvalue weighted by atomic mass is 32.1. The van der Waals surface area contributed by atoms with Gasteiger partial charge in [-0.05, 0) is 36.4 Å². The summed E-state index contributed by atoms with van der Waals surface area (Å²) < 4.78 is 24.0. The van der Waals surface area contributed by atoms with Gasteiger partial charge < -0.3 is 14.6 Å². The van der Waals surface area contributed by atoms with Crippen molar-refractivity contribution in [2.24, 2.45) is 0 Å². The molecule has 7 heteroatoms. The Morgan fingerprint density at radius 3 is 2.52 bits per heavy atom. The number of carbonyl (C=O) groups is 1. The molecule has 0 aliphatic heterocycles. The fourth-order valence-electron chi connectivity index (χ4n) is 2.11. The van der Waals surface area contributed by atoms with E-state index in [2.05, 4.69) is 4.98 Å². The minimum atomic E-state index is -1.06.